The second-order valence-corrected chi connectivity index (χ2v) is 8.20. The first kappa shape index (κ1) is 19.2. The van der Waals surface area contributed by atoms with Crippen LogP contribution in [0, 0.1) is 0 Å². The van der Waals surface area contributed by atoms with Gasteiger partial charge >= 0.3 is 0 Å². The van der Waals surface area contributed by atoms with Gasteiger partial charge in [-0.15, -0.1) is 0 Å². The highest BCUT2D eigenvalue weighted by molar-refractivity contribution is 9.10. The average Bonchev–Trinajstić information content (AvgIpc) is 2.94. The van der Waals surface area contributed by atoms with Gasteiger partial charge in [0.1, 0.15) is 4.47 Å². The summed E-state index contributed by atoms with van der Waals surface area (Å²) in [7, 11) is 1.92. The maximum Gasteiger partial charge on any atom is 0.286 e. The van der Waals surface area contributed by atoms with Crippen LogP contribution in [0.1, 0.15) is 24.1 Å². The van der Waals surface area contributed by atoms with E-state index in [1.54, 1.807) is 4.68 Å². The van der Waals surface area contributed by atoms with E-state index in [0.29, 0.717) is 23.9 Å². The second-order valence-electron chi connectivity index (χ2n) is 7.41. The molecule has 0 bridgehead atoms. The highest BCUT2D eigenvalue weighted by Gasteiger charge is 2.34. The molecule has 1 aliphatic rings. The first-order valence-electron chi connectivity index (χ1n) is 9.52. The third kappa shape index (κ3) is 3.48. The quantitative estimate of drug-likeness (QED) is 0.674. The van der Waals surface area contributed by atoms with Crippen LogP contribution in [0.15, 0.2) is 69.9 Å². The van der Waals surface area contributed by atoms with Crippen molar-refractivity contribution in [2.45, 2.75) is 25.0 Å². The van der Waals surface area contributed by atoms with E-state index in [1.807, 2.05) is 72.4 Å². The molecule has 5 nitrogen and oxygen atoms in total. The molecule has 0 radical (unpaired) electrons. The largest absolute Gasteiger partial charge is 0.385 e. The Morgan fingerprint density at radius 3 is 2.18 bits per heavy atom. The van der Waals surface area contributed by atoms with Crippen LogP contribution in [0.25, 0.3) is 5.69 Å². The molecule has 4 rings (SSSR count). The number of hydrogen-bond donors (Lipinski definition) is 1. The number of piperidine rings is 1. The van der Waals surface area contributed by atoms with Crippen LogP contribution in [0.5, 0.6) is 0 Å². The maximum absolute atomic E-state index is 12.8. The molecule has 0 atom stereocenters. The molecule has 0 saturated carbocycles. The number of halogens is 1. The summed E-state index contributed by atoms with van der Waals surface area (Å²) in [5.74, 6) is 0. The topological polar surface area (TPSA) is 50.4 Å². The van der Waals surface area contributed by atoms with Gasteiger partial charge in [0, 0.05) is 26.7 Å². The zero-order valence-electron chi connectivity index (χ0n) is 15.9. The lowest BCUT2D eigenvalue weighted by Gasteiger charge is -2.38. The Balaban J connectivity index is 1.53. The molecular weight excluding hydrogens is 418 g/mol. The molecule has 2 heterocycles. The van der Waals surface area contributed by atoms with Crippen LogP contribution >= 0.6 is 15.9 Å². The van der Waals surface area contributed by atoms with Gasteiger partial charge < -0.3 is 5.11 Å². The van der Waals surface area contributed by atoms with Gasteiger partial charge in [0.05, 0.1) is 17.0 Å². The minimum Gasteiger partial charge on any atom is -0.385 e. The molecule has 1 N–H and O–H groups in total. The number of likely N-dealkylation sites (tertiary alicyclic amines) is 1. The summed E-state index contributed by atoms with van der Waals surface area (Å²) in [6.45, 7) is 2.22. The third-order valence-electron chi connectivity index (χ3n) is 5.69. The zero-order valence-corrected chi connectivity index (χ0v) is 17.5. The molecular formula is C22H24BrN3O2. The SMILES string of the molecule is Cn1c(CN2CCC(O)(c3ccccc3)CC2)c(Br)c(=O)n1-c1ccccc1. The number of aliphatic hydroxyl groups is 1. The van der Waals surface area contributed by atoms with Crippen LogP contribution in [0.3, 0.4) is 0 Å². The van der Waals surface area contributed by atoms with Crippen molar-refractivity contribution in [3.05, 3.63) is 86.7 Å². The Kier molecular flexibility index (Phi) is 5.27. The Morgan fingerprint density at radius 2 is 1.57 bits per heavy atom. The Morgan fingerprint density at radius 1 is 1.00 bits per heavy atom. The third-order valence-corrected chi connectivity index (χ3v) is 6.49. The van der Waals surface area contributed by atoms with E-state index in [9.17, 15) is 9.90 Å². The van der Waals surface area contributed by atoms with Crippen molar-refractivity contribution in [3.8, 4) is 5.69 Å². The second kappa shape index (κ2) is 7.70. The molecule has 0 amide bonds. The van der Waals surface area contributed by atoms with E-state index in [-0.39, 0.29) is 5.56 Å². The zero-order chi connectivity index (χ0) is 19.7. The summed E-state index contributed by atoms with van der Waals surface area (Å²) in [4.78, 5) is 15.1. The number of nitrogens with zero attached hydrogens (tertiary/aromatic N) is 3. The van der Waals surface area contributed by atoms with Crippen molar-refractivity contribution < 1.29 is 5.11 Å². The van der Waals surface area contributed by atoms with Gasteiger partial charge in [-0.1, -0.05) is 48.5 Å². The smallest absolute Gasteiger partial charge is 0.286 e. The van der Waals surface area contributed by atoms with E-state index in [0.717, 1.165) is 30.0 Å². The standard InChI is InChI=1S/C22H24BrN3O2/c1-24-19(20(23)21(27)26(24)18-10-6-3-7-11-18)16-25-14-12-22(28,13-15-25)17-8-4-2-5-9-17/h2-11,28H,12-16H2,1H3. The molecule has 1 aromatic heterocycles. The molecule has 2 aromatic carbocycles. The molecule has 1 aliphatic heterocycles. The van der Waals surface area contributed by atoms with Crippen molar-refractivity contribution in [2.75, 3.05) is 13.1 Å². The van der Waals surface area contributed by atoms with Crippen molar-refractivity contribution in [3.63, 3.8) is 0 Å². The van der Waals surface area contributed by atoms with Crippen molar-refractivity contribution >= 4 is 15.9 Å². The first-order chi connectivity index (χ1) is 13.5. The fourth-order valence-corrected chi connectivity index (χ4v) is 4.53. The van der Waals surface area contributed by atoms with E-state index in [2.05, 4.69) is 20.8 Å². The molecule has 146 valence electrons. The minimum absolute atomic E-state index is 0.0542. The molecule has 1 fully saturated rings. The molecule has 0 aliphatic carbocycles. The lowest BCUT2D eigenvalue weighted by Crippen LogP contribution is -2.42. The molecule has 1 saturated heterocycles. The Labute approximate surface area is 172 Å². The Bertz CT molecular complexity index is 1000. The van der Waals surface area contributed by atoms with Gasteiger partial charge in [0.2, 0.25) is 0 Å². The predicted octanol–water partition coefficient (Wildman–Crippen LogP) is 3.42. The lowest BCUT2D eigenvalue weighted by atomic mass is 9.84. The number of benzene rings is 2. The van der Waals surface area contributed by atoms with Gasteiger partial charge in [0.15, 0.2) is 0 Å². The highest BCUT2D eigenvalue weighted by atomic mass is 79.9. The van der Waals surface area contributed by atoms with Crippen molar-refractivity contribution in [2.24, 2.45) is 7.05 Å². The van der Waals surface area contributed by atoms with E-state index < -0.39 is 5.60 Å². The molecule has 28 heavy (non-hydrogen) atoms. The van der Waals surface area contributed by atoms with Gasteiger partial charge in [-0.25, -0.2) is 4.68 Å². The average molecular weight is 442 g/mol. The lowest BCUT2D eigenvalue weighted by molar-refractivity contribution is -0.0282. The van der Waals surface area contributed by atoms with Gasteiger partial charge in [-0.3, -0.25) is 14.4 Å². The van der Waals surface area contributed by atoms with Gasteiger partial charge in [-0.05, 0) is 46.5 Å². The fourth-order valence-electron chi connectivity index (χ4n) is 3.98. The van der Waals surface area contributed by atoms with Gasteiger partial charge in [0.25, 0.3) is 5.56 Å². The van der Waals surface area contributed by atoms with Crippen LogP contribution in [-0.2, 0) is 19.2 Å². The van der Waals surface area contributed by atoms with E-state index in [1.165, 1.54) is 0 Å². The Hall–Kier alpha value is -2.15. The van der Waals surface area contributed by atoms with Crippen LogP contribution < -0.4 is 5.56 Å². The van der Waals surface area contributed by atoms with Crippen molar-refractivity contribution in [1.82, 2.24) is 14.3 Å². The molecule has 0 spiro atoms. The summed E-state index contributed by atoms with van der Waals surface area (Å²) < 4.78 is 4.20. The van der Waals surface area contributed by atoms with E-state index in [4.69, 9.17) is 0 Å². The van der Waals surface area contributed by atoms with Crippen LogP contribution in [-0.4, -0.2) is 32.5 Å². The van der Waals surface area contributed by atoms with Gasteiger partial charge in [-0.2, -0.15) is 0 Å². The summed E-state index contributed by atoms with van der Waals surface area (Å²) in [5, 5.41) is 11.0. The van der Waals surface area contributed by atoms with Crippen molar-refractivity contribution in [1.29, 1.82) is 0 Å². The summed E-state index contributed by atoms with van der Waals surface area (Å²) in [6, 6.07) is 19.6. The molecule has 3 aromatic rings. The van der Waals surface area contributed by atoms with Crippen LogP contribution in [0.2, 0.25) is 0 Å². The first-order valence-corrected chi connectivity index (χ1v) is 10.3. The number of hydrogen-bond acceptors (Lipinski definition) is 3. The molecule has 6 heteroatoms. The normalized spacial score (nSPS) is 17.0. The van der Waals surface area contributed by atoms with E-state index >= 15 is 0 Å². The molecule has 0 unspecified atom stereocenters. The fraction of sp³-hybridized carbons (Fsp3) is 0.318. The van der Waals surface area contributed by atoms with Crippen LogP contribution in [0.4, 0.5) is 0 Å². The number of para-hydroxylation sites is 1. The summed E-state index contributed by atoms with van der Waals surface area (Å²) in [6.07, 6.45) is 1.37. The number of rotatable bonds is 4. The maximum atomic E-state index is 12.8. The number of aromatic nitrogens is 2. The highest BCUT2D eigenvalue weighted by Crippen LogP contribution is 2.33. The monoisotopic (exact) mass is 441 g/mol. The summed E-state index contributed by atoms with van der Waals surface area (Å²) >= 11 is 3.50. The summed E-state index contributed by atoms with van der Waals surface area (Å²) in [5.41, 5.74) is 1.95. The minimum atomic E-state index is -0.767. The predicted molar refractivity (Wildman–Crippen MR) is 114 cm³/mol.